The van der Waals surface area contributed by atoms with Crippen LogP contribution >= 0.6 is 0 Å². The summed E-state index contributed by atoms with van der Waals surface area (Å²) >= 11 is 0. The van der Waals surface area contributed by atoms with Gasteiger partial charge in [0.25, 0.3) is 0 Å². The second kappa shape index (κ2) is 4.11. The highest BCUT2D eigenvalue weighted by Gasteiger charge is 2.35. The van der Waals surface area contributed by atoms with Gasteiger partial charge < -0.3 is 14.6 Å². The van der Waals surface area contributed by atoms with E-state index in [0.717, 1.165) is 30.8 Å². The summed E-state index contributed by atoms with van der Waals surface area (Å²) in [4.78, 5) is 0. The van der Waals surface area contributed by atoms with Crippen molar-refractivity contribution in [1.29, 1.82) is 0 Å². The Hall–Kier alpha value is -1.22. The topological polar surface area (TPSA) is 38.7 Å². The highest BCUT2D eigenvalue weighted by atomic mass is 16.5. The number of methoxy groups -OCH3 is 1. The summed E-state index contributed by atoms with van der Waals surface area (Å²) < 4.78 is 10.6. The van der Waals surface area contributed by atoms with Crippen molar-refractivity contribution in [2.45, 2.75) is 24.9 Å². The lowest BCUT2D eigenvalue weighted by atomic mass is 9.81. The van der Waals surface area contributed by atoms with Crippen molar-refractivity contribution in [3.05, 3.63) is 24.3 Å². The molecular weight excluding hydrogens is 192 g/mol. The maximum atomic E-state index is 9.84. The molecule has 0 radical (unpaired) electrons. The Morgan fingerprint density at radius 2 is 2.07 bits per heavy atom. The van der Waals surface area contributed by atoms with Gasteiger partial charge in [-0.05, 0) is 31.4 Å². The SMILES string of the molecule is COc1cccc(OCC2(O)CCC2)c1. The molecule has 0 atom stereocenters. The summed E-state index contributed by atoms with van der Waals surface area (Å²) in [5.41, 5.74) is -0.594. The van der Waals surface area contributed by atoms with Crippen molar-refractivity contribution in [1.82, 2.24) is 0 Å². The summed E-state index contributed by atoms with van der Waals surface area (Å²) in [6.07, 6.45) is 2.78. The van der Waals surface area contributed by atoms with Crippen LogP contribution in [0.4, 0.5) is 0 Å². The zero-order valence-corrected chi connectivity index (χ0v) is 8.90. The lowest BCUT2D eigenvalue weighted by Crippen LogP contribution is -2.42. The minimum atomic E-state index is -0.594. The summed E-state index contributed by atoms with van der Waals surface area (Å²) in [6.45, 7) is 0.375. The predicted molar refractivity (Wildman–Crippen MR) is 57.3 cm³/mol. The highest BCUT2D eigenvalue weighted by Crippen LogP contribution is 2.32. The molecule has 0 aliphatic heterocycles. The van der Waals surface area contributed by atoms with Crippen LogP contribution in [0.15, 0.2) is 24.3 Å². The fourth-order valence-electron chi connectivity index (χ4n) is 1.64. The van der Waals surface area contributed by atoms with Gasteiger partial charge in [-0.3, -0.25) is 0 Å². The average molecular weight is 208 g/mol. The average Bonchev–Trinajstić information content (AvgIpc) is 2.24. The molecule has 1 saturated carbocycles. The summed E-state index contributed by atoms with van der Waals surface area (Å²) in [7, 11) is 1.62. The zero-order chi connectivity index (χ0) is 10.7. The molecule has 0 saturated heterocycles. The van der Waals surface area contributed by atoms with E-state index in [9.17, 15) is 5.11 Å². The monoisotopic (exact) mass is 208 g/mol. The number of aliphatic hydroxyl groups is 1. The molecule has 2 rings (SSSR count). The number of benzene rings is 1. The minimum Gasteiger partial charge on any atom is -0.497 e. The van der Waals surface area contributed by atoms with Crippen molar-refractivity contribution >= 4 is 0 Å². The van der Waals surface area contributed by atoms with Crippen LogP contribution in [0.5, 0.6) is 11.5 Å². The fraction of sp³-hybridized carbons (Fsp3) is 0.500. The van der Waals surface area contributed by atoms with Gasteiger partial charge in [-0.15, -0.1) is 0 Å². The maximum absolute atomic E-state index is 9.84. The molecule has 0 bridgehead atoms. The maximum Gasteiger partial charge on any atom is 0.123 e. The Bertz CT molecular complexity index is 331. The molecule has 1 N–H and O–H groups in total. The first-order chi connectivity index (χ1) is 7.22. The molecule has 0 unspecified atom stereocenters. The molecule has 1 aromatic rings. The summed E-state index contributed by atoms with van der Waals surface area (Å²) in [5.74, 6) is 1.52. The van der Waals surface area contributed by atoms with Gasteiger partial charge in [0.2, 0.25) is 0 Å². The van der Waals surface area contributed by atoms with Gasteiger partial charge >= 0.3 is 0 Å². The van der Waals surface area contributed by atoms with Gasteiger partial charge in [0, 0.05) is 6.07 Å². The van der Waals surface area contributed by atoms with Crippen molar-refractivity contribution in [2.24, 2.45) is 0 Å². The fourth-order valence-corrected chi connectivity index (χ4v) is 1.64. The molecule has 82 valence electrons. The number of hydrogen-bond acceptors (Lipinski definition) is 3. The van der Waals surface area contributed by atoms with Crippen molar-refractivity contribution < 1.29 is 14.6 Å². The Kier molecular flexibility index (Phi) is 2.82. The molecule has 0 amide bonds. The lowest BCUT2D eigenvalue weighted by Gasteiger charge is -2.35. The van der Waals surface area contributed by atoms with Crippen LogP contribution in [0, 0.1) is 0 Å². The van der Waals surface area contributed by atoms with E-state index in [2.05, 4.69) is 0 Å². The summed E-state index contributed by atoms with van der Waals surface area (Å²) in [6, 6.07) is 7.43. The first kappa shape index (κ1) is 10.3. The number of ether oxygens (including phenoxy) is 2. The summed E-state index contributed by atoms with van der Waals surface area (Å²) in [5, 5.41) is 9.84. The van der Waals surface area contributed by atoms with Crippen LogP contribution in [0.25, 0.3) is 0 Å². The van der Waals surface area contributed by atoms with Gasteiger partial charge in [0.1, 0.15) is 18.1 Å². The molecule has 15 heavy (non-hydrogen) atoms. The van der Waals surface area contributed by atoms with Crippen LogP contribution in [0.3, 0.4) is 0 Å². The molecule has 1 aliphatic carbocycles. The molecule has 0 spiro atoms. The van der Waals surface area contributed by atoms with Gasteiger partial charge in [-0.2, -0.15) is 0 Å². The third kappa shape index (κ3) is 2.42. The van der Waals surface area contributed by atoms with E-state index >= 15 is 0 Å². The molecule has 0 heterocycles. The Labute approximate surface area is 89.6 Å². The molecule has 1 aliphatic rings. The van der Waals surface area contributed by atoms with Crippen LogP contribution in [0.1, 0.15) is 19.3 Å². The second-order valence-corrected chi connectivity index (χ2v) is 4.05. The van der Waals surface area contributed by atoms with Gasteiger partial charge in [0.05, 0.1) is 12.7 Å². The van der Waals surface area contributed by atoms with E-state index in [4.69, 9.17) is 9.47 Å². The molecule has 1 fully saturated rings. The van der Waals surface area contributed by atoms with Crippen molar-refractivity contribution in [2.75, 3.05) is 13.7 Å². The van der Waals surface area contributed by atoms with E-state index in [-0.39, 0.29) is 0 Å². The number of rotatable bonds is 4. The third-order valence-electron chi connectivity index (χ3n) is 2.83. The van der Waals surface area contributed by atoms with Crippen molar-refractivity contribution in [3.63, 3.8) is 0 Å². The van der Waals surface area contributed by atoms with E-state index in [1.807, 2.05) is 24.3 Å². The zero-order valence-electron chi connectivity index (χ0n) is 8.90. The van der Waals surface area contributed by atoms with Gasteiger partial charge in [-0.25, -0.2) is 0 Å². The smallest absolute Gasteiger partial charge is 0.123 e. The first-order valence-corrected chi connectivity index (χ1v) is 5.21. The second-order valence-electron chi connectivity index (χ2n) is 4.05. The van der Waals surface area contributed by atoms with E-state index < -0.39 is 5.60 Å². The van der Waals surface area contributed by atoms with Crippen LogP contribution < -0.4 is 9.47 Å². The molecule has 1 aromatic carbocycles. The molecule has 3 nitrogen and oxygen atoms in total. The van der Waals surface area contributed by atoms with E-state index in [0.29, 0.717) is 6.61 Å². The largest absolute Gasteiger partial charge is 0.497 e. The lowest BCUT2D eigenvalue weighted by molar-refractivity contribution is -0.0664. The van der Waals surface area contributed by atoms with Gasteiger partial charge in [0.15, 0.2) is 0 Å². The Morgan fingerprint density at radius 1 is 1.33 bits per heavy atom. The normalized spacial score (nSPS) is 18.0. The Morgan fingerprint density at radius 3 is 2.67 bits per heavy atom. The molecular formula is C12H16O3. The van der Waals surface area contributed by atoms with Gasteiger partial charge in [-0.1, -0.05) is 6.07 Å². The number of hydrogen-bond donors (Lipinski definition) is 1. The standard InChI is InChI=1S/C12H16O3/c1-14-10-4-2-5-11(8-10)15-9-12(13)6-3-7-12/h2,4-5,8,13H,3,6-7,9H2,1H3. The quantitative estimate of drug-likeness (QED) is 0.822. The van der Waals surface area contributed by atoms with E-state index in [1.54, 1.807) is 7.11 Å². The van der Waals surface area contributed by atoms with Crippen LogP contribution in [0.2, 0.25) is 0 Å². The predicted octanol–water partition coefficient (Wildman–Crippen LogP) is 1.99. The van der Waals surface area contributed by atoms with Crippen LogP contribution in [-0.2, 0) is 0 Å². The first-order valence-electron chi connectivity index (χ1n) is 5.21. The Balaban J connectivity index is 1.92. The van der Waals surface area contributed by atoms with Crippen molar-refractivity contribution in [3.8, 4) is 11.5 Å². The van der Waals surface area contributed by atoms with Crippen LogP contribution in [-0.4, -0.2) is 24.4 Å². The van der Waals surface area contributed by atoms with E-state index in [1.165, 1.54) is 0 Å². The molecule has 0 aromatic heterocycles. The highest BCUT2D eigenvalue weighted by molar-refractivity contribution is 5.32. The minimum absolute atomic E-state index is 0.375. The molecule has 3 heteroatoms. The third-order valence-corrected chi connectivity index (χ3v) is 2.83.